The number of rotatable bonds is 4. The normalized spacial score (nSPS) is 9.71. The second-order valence-corrected chi connectivity index (χ2v) is 2.46. The van der Waals surface area contributed by atoms with Crippen molar-refractivity contribution in [2.45, 2.75) is 6.54 Å². The van der Waals surface area contributed by atoms with Gasteiger partial charge in [0, 0.05) is 6.54 Å². The molecule has 2 amide bonds. The summed E-state index contributed by atoms with van der Waals surface area (Å²) >= 11 is 0. The third kappa shape index (κ3) is 2.73. The van der Waals surface area contributed by atoms with E-state index in [0.717, 1.165) is 0 Å². The minimum atomic E-state index is -1.14. The number of urea groups is 1. The van der Waals surface area contributed by atoms with Gasteiger partial charge in [-0.1, -0.05) is 5.21 Å². The van der Waals surface area contributed by atoms with Gasteiger partial charge in [0.05, 0.1) is 12.7 Å². The second-order valence-electron chi connectivity index (χ2n) is 2.46. The summed E-state index contributed by atoms with van der Waals surface area (Å²) in [5.41, 5.74) is 4.69. The molecule has 0 aliphatic rings. The number of amides is 2. The Morgan fingerprint density at radius 3 is 2.86 bits per heavy atom. The average molecular weight is 199 g/mol. The molecule has 8 nitrogen and oxygen atoms in total. The molecular weight excluding hydrogens is 190 g/mol. The third-order valence-corrected chi connectivity index (χ3v) is 1.40. The number of nitrogens with one attached hydrogen (secondary N) is 1. The van der Waals surface area contributed by atoms with Gasteiger partial charge in [-0.05, 0) is 0 Å². The van der Waals surface area contributed by atoms with Crippen LogP contribution in [0, 0.1) is 0 Å². The van der Waals surface area contributed by atoms with Gasteiger partial charge in [0.25, 0.3) is 0 Å². The molecule has 0 aromatic carbocycles. The van der Waals surface area contributed by atoms with E-state index in [1.807, 2.05) is 0 Å². The van der Waals surface area contributed by atoms with E-state index in [0.29, 0.717) is 6.54 Å². The Morgan fingerprint density at radius 1 is 1.64 bits per heavy atom. The molecule has 14 heavy (non-hydrogen) atoms. The van der Waals surface area contributed by atoms with Crippen molar-refractivity contribution in [3.63, 3.8) is 0 Å². The molecule has 0 aliphatic heterocycles. The number of nitrogens with zero attached hydrogens (tertiary/aromatic N) is 3. The third-order valence-electron chi connectivity index (χ3n) is 1.40. The highest BCUT2D eigenvalue weighted by Crippen LogP contribution is 1.91. The van der Waals surface area contributed by atoms with Crippen LogP contribution in [0.3, 0.4) is 0 Å². The van der Waals surface area contributed by atoms with Crippen molar-refractivity contribution in [3.8, 4) is 0 Å². The summed E-state index contributed by atoms with van der Waals surface area (Å²) in [4.78, 5) is 20.7. The summed E-state index contributed by atoms with van der Waals surface area (Å²) in [7, 11) is 0. The zero-order valence-electron chi connectivity index (χ0n) is 7.17. The number of hydrogen-bond acceptors (Lipinski definition) is 4. The molecule has 0 atom stereocenters. The number of carboxylic acids is 1. The number of primary amides is 1. The summed E-state index contributed by atoms with van der Waals surface area (Å²) < 4.78 is 1.30. The molecule has 76 valence electrons. The Bertz CT molecular complexity index is 347. The lowest BCUT2D eigenvalue weighted by Gasteiger charge is -1.99. The largest absolute Gasteiger partial charge is 0.476 e. The van der Waals surface area contributed by atoms with Crippen LogP contribution in [0.25, 0.3) is 0 Å². The van der Waals surface area contributed by atoms with E-state index >= 15 is 0 Å². The Balaban J connectivity index is 2.44. The summed E-state index contributed by atoms with van der Waals surface area (Å²) in [5.74, 6) is -1.14. The van der Waals surface area contributed by atoms with Crippen molar-refractivity contribution < 1.29 is 14.7 Å². The molecule has 1 aromatic rings. The molecule has 1 heterocycles. The predicted octanol–water partition coefficient (Wildman–Crippen LogP) is -1.36. The first-order chi connectivity index (χ1) is 6.59. The fraction of sp³-hybridized carbons (Fsp3) is 0.333. The van der Waals surface area contributed by atoms with Gasteiger partial charge in [-0.2, -0.15) is 0 Å². The summed E-state index contributed by atoms with van der Waals surface area (Å²) in [6, 6.07) is -0.636. The van der Waals surface area contributed by atoms with Crippen LogP contribution in [0.1, 0.15) is 10.5 Å². The molecule has 8 heteroatoms. The zero-order chi connectivity index (χ0) is 10.6. The van der Waals surface area contributed by atoms with Crippen LogP contribution >= 0.6 is 0 Å². The Kier molecular flexibility index (Phi) is 3.00. The molecule has 0 unspecified atom stereocenters. The zero-order valence-corrected chi connectivity index (χ0v) is 7.17. The van der Waals surface area contributed by atoms with Gasteiger partial charge in [0.1, 0.15) is 0 Å². The van der Waals surface area contributed by atoms with E-state index in [9.17, 15) is 9.59 Å². The SMILES string of the molecule is NC(=O)NCCn1cc(C(=O)O)nn1. The number of aromatic nitrogens is 3. The summed E-state index contributed by atoms with van der Waals surface area (Å²) in [6.07, 6.45) is 1.27. The Labute approximate surface area is 78.7 Å². The molecule has 0 radical (unpaired) electrons. The lowest BCUT2D eigenvalue weighted by molar-refractivity contribution is 0.0690. The van der Waals surface area contributed by atoms with Crippen molar-refractivity contribution in [3.05, 3.63) is 11.9 Å². The first kappa shape index (κ1) is 9.96. The Morgan fingerprint density at radius 2 is 2.36 bits per heavy atom. The van der Waals surface area contributed by atoms with Gasteiger partial charge in [-0.15, -0.1) is 5.10 Å². The van der Waals surface area contributed by atoms with Crippen LogP contribution in [0.5, 0.6) is 0 Å². The topological polar surface area (TPSA) is 123 Å². The number of carbonyl (C=O) groups is 2. The lowest BCUT2D eigenvalue weighted by atomic mass is 10.5. The maximum atomic E-state index is 10.4. The predicted molar refractivity (Wildman–Crippen MR) is 44.6 cm³/mol. The quantitative estimate of drug-likeness (QED) is 0.552. The maximum Gasteiger partial charge on any atom is 0.358 e. The van der Waals surface area contributed by atoms with Gasteiger partial charge < -0.3 is 16.2 Å². The van der Waals surface area contributed by atoms with E-state index in [1.54, 1.807) is 0 Å². The highest BCUT2D eigenvalue weighted by Gasteiger charge is 2.07. The van der Waals surface area contributed by atoms with Crippen molar-refractivity contribution in [1.82, 2.24) is 20.3 Å². The van der Waals surface area contributed by atoms with E-state index < -0.39 is 12.0 Å². The standard InChI is InChI=1S/C6H9N5O3/c7-6(14)8-1-2-11-3-4(5(12)13)9-10-11/h3H,1-2H2,(H,12,13)(H3,7,8,14). The molecule has 1 aromatic heterocycles. The molecule has 1 rings (SSSR count). The van der Waals surface area contributed by atoms with Crippen LogP contribution in [0.4, 0.5) is 4.79 Å². The van der Waals surface area contributed by atoms with E-state index in [4.69, 9.17) is 10.8 Å². The maximum absolute atomic E-state index is 10.4. The van der Waals surface area contributed by atoms with Gasteiger partial charge >= 0.3 is 12.0 Å². The van der Waals surface area contributed by atoms with Crippen LogP contribution < -0.4 is 11.1 Å². The Hall–Kier alpha value is -2.12. The van der Waals surface area contributed by atoms with Crippen LogP contribution in [0.2, 0.25) is 0 Å². The smallest absolute Gasteiger partial charge is 0.358 e. The minimum Gasteiger partial charge on any atom is -0.476 e. The fourth-order valence-electron chi connectivity index (χ4n) is 0.799. The summed E-state index contributed by atoms with van der Waals surface area (Å²) in [5, 5.41) is 17.8. The van der Waals surface area contributed by atoms with Gasteiger partial charge in [0.15, 0.2) is 5.69 Å². The van der Waals surface area contributed by atoms with Crippen LogP contribution in [-0.4, -0.2) is 38.6 Å². The van der Waals surface area contributed by atoms with Crippen molar-refractivity contribution >= 4 is 12.0 Å². The summed E-state index contributed by atoms with van der Waals surface area (Å²) in [6.45, 7) is 0.598. The van der Waals surface area contributed by atoms with Crippen LogP contribution in [0.15, 0.2) is 6.20 Å². The number of nitrogens with two attached hydrogens (primary N) is 1. The van der Waals surface area contributed by atoms with Gasteiger partial charge in [-0.3, -0.25) is 0 Å². The highest BCUT2D eigenvalue weighted by atomic mass is 16.4. The van der Waals surface area contributed by atoms with Crippen molar-refractivity contribution in [1.29, 1.82) is 0 Å². The second kappa shape index (κ2) is 4.21. The van der Waals surface area contributed by atoms with E-state index in [1.165, 1.54) is 10.9 Å². The van der Waals surface area contributed by atoms with Crippen LogP contribution in [-0.2, 0) is 6.54 Å². The number of aromatic carboxylic acids is 1. The first-order valence-electron chi connectivity index (χ1n) is 3.76. The van der Waals surface area contributed by atoms with E-state index in [2.05, 4.69) is 15.6 Å². The van der Waals surface area contributed by atoms with Crippen molar-refractivity contribution in [2.75, 3.05) is 6.54 Å². The van der Waals surface area contributed by atoms with E-state index in [-0.39, 0.29) is 12.2 Å². The number of carbonyl (C=O) groups excluding carboxylic acids is 1. The fourth-order valence-corrected chi connectivity index (χ4v) is 0.799. The first-order valence-corrected chi connectivity index (χ1v) is 3.76. The molecule has 0 saturated heterocycles. The molecular formula is C6H9N5O3. The monoisotopic (exact) mass is 199 g/mol. The highest BCUT2D eigenvalue weighted by molar-refractivity contribution is 5.84. The minimum absolute atomic E-state index is 0.135. The lowest BCUT2D eigenvalue weighted by Crippen LogP contribution is -2.32. The number of carboxylic acid groups (broad SMARTS) is 1. The number of hydrogen-bond donors (Lipinski definition) is 3. The van der Waals surface area contributed by atoms with Gasteiger partial charge in [0.2, 0.25) is 0 Å². The molecule has 0 saturated carbocycles. The molecule has 4 N–H and O–H groups in total. The van der Waals surface area contributed by atoms with Gasteiger partial charge in [-0.25, -0.2) is 14.3 Å². The molecule has 0 fully saturated rings. The molecule has 0 spiro atoms. The molecule has 0 aliphatic carbocycles. The molecule has 0 bridgehead atoms. The average Bonchev–Trinajstić information content (AvgIpc) is 2.52. The van der Waals surface area contributed by atoms with Crippen molar-refractivity contribution in [2.24, 2.45) is 5.73 Å².